The van der Waals surface area contributed by atoms with Crippen LogP contribution in [0, 0.1) is 10.1 Å². The van der Waals surface area contributed by atoms with E-state index < -0.39 is 13.2 Å². The van der Waals surface area contributed by atoms with Crippen LogP contribution in [-0.4, -0.2) is 28.9 Å². The van der Waals surface area contributed by atoms with Gasteiger partial charge >= 0.3 is 5.82 Å². The van der Waals surface area contributed by atoms with Crippen molar-refractivity contribution in [2.45, 2.75) is 51.6 Å². The van der Waals surface area contributed by atoms with Crippen LogP contribution in [0.3, 0.4) is 0 Å². The molecule has 6 nitrogen and oxygen atoms in total. The Kier molecular flexibility index (Phi) is 5.48. The van der Waals surface area contributed by atoms with Crippen LogP contribution in [0.15, 0.2) is 25.4 Å². The molecule has 122 valence electrons. The van der Waals surface area contributed by atoms with Crippen LogP contribution in [0.1, 0.15) is 26.6 Å². The summed E-state index contributed by atoms with van der Waals surface area (Å²) in [5, 5.41) is 11.2. The molecule has 0 unspecified atom stereocenters. The molecule has 7 heteroatoms. The quantitative estimate of drug-likeness (QED) is 0.329. The lowest BCUT2D eigenvalue weighted by Crippen LogP contribution is -2.44. The van der Waals surface area contributed by atoms with Gasteiger partial charge in [0, 0.05) is 0 Å². The van der Waals surface area contributed by atoms with E-state index in [1.54, 1.807) is 6.08 Å². The molecule has 0 saturated heterocycles. The molecule has 1 aromatic heterocycles. The summed E-state index contributed by atoms with van der Waals surface area (Å²) < 4.78 is 7.78. The second-order valence-corrected chi connectivity index (χ2v) is 11.5. The Bertz CT molecular complexity index is 573. The third-order valence-electron chi connectivity index (χ3n) is 4.11. The standard InChI is InChI=1S/C15H25N3O3Si/c1-8-12(21-22(6,7)15(3,4)5)11-17-13(9-2)16-10-14(17)18(19)20/h8-10,12H,1-2,11H2,3-7H3/t12-/m1/s1. The second kappa shape index (κ2) is 6.58. The first-order valence-corrected chi connectivity index (χ1v) is 10.1. The van der Waals surface area contributed by atoms with Crippen molar-refractivity contribution in [3.05, 3.63) is 41.4 Å². The van der Waals surface area contributed by atoms with Crippen molar-refractivity contribution >= 4 is 20.2 Å². The summed E-state index contributed by atoms with van der Waals surface area (Å²) in [6.45, 7) is 18.5. The number of rotatable bonds is 7. The van der Waals surface area contributed by atoms with Crippen molar-refractivity contribution < 1.29 is 9.35 Å². The maximum atomic E-state index is 11.1. The molecule has 0 aliphatic rings. The zero-order valence-electron chi connectivity index (χ0n) is 14.0. The van der Waals surface area contributed by atoms with Crippen molar-refractivity contribution in [2.24, 2.45) is 0 Å². The molecule has 1 heterocycles. The van der Waals surface area contributed by atoms with Gasteiger partial charge in [0.05, 0.1) is 0 Å². The average molecular weight is 323 g/mol. The van der Waals surface area contributed by atoms with Gasteiger partial charge in [-0.1, -0.05) is 33.4 Å². The largest absolute Gasteiger partial charge is 0.407 e. The fourth-order valence-corrected chi connectivity index (χ4v) is 3.05. The van der Waals surface area contributed by atoms with E-state index in [0.29, 0.717) is 12.4 Å². The van der Waals surface area contributed by atoms with E-state index >= 15 is 0 Å². The molecule has 0 fully saturated rings. The van der Waals surface area contributed by atoms with Gasteiger partial charge in [0.1, 0.15) is 18.8 Å². The Balaban J connectivity index is 3.06. The van der Waals surface area contributed by atoms with Crippen LogP contribution in [0.4, 0.5) is 5.82 Å². The second-order valence-electron chi connectivity index (χ2n) is 6.70. The monoisotopic (exact) mass is 323 g/mol. The predicted molar refractivity (Wildman–Crippen MR) is 91.2 cm³/mol. The Morgan fingerprint density at radius 3 is 2.50 bits per heavy atom. The fourth-order valence-electron chi connectivity index (χ4n) is 1.77. The third kappa shape index (κ3) is 3.92. The first kappa shape index (κ1) is 18.3. The Labute approximate surface area is 132 Å². The van der Waals surface area contributed by atoms with Crippen molar-refractivity contribution in [1.29, 1.82) is 0 Å². The van der Waals surface area contributed by atoms with Crippen LogP contribution in [-0.2, 0) is 11.0 Å². The highest BCUT2D eigenvalue weighted by Crippen LogP contribution is 2.37. The minimum atomic E-state index is -2.00. The van der Waals surface area contributed by atoms with E-state index in [4.69, 9.17) is 4.43 Å². The summed E-state index contributed by atoms with van der Waals surface area (Å²) in [4.78, 5) is 14.7. The molecule has 1 rings (SSSR count). The molecular weight excluding hydrogens is 298 g/mol. The summed E-state index contributed by atoms with van der Waals surface area (Å²) in [7, 11) is -2.00. The zero-order chi connectivity index (χ0) is 17.1. The first-order valence-electron chi connectivity index (χ1n) is 7.16. The molecule has 0 aliphatic carbocycles. The van der Waals surface area contributed by atoms with Crippen LogP contribution in [0.25, 0.3) is 6.08 Å². The first-order chi connectivity index (χ1) is 10.0. The molecule has 0 N–H and O–H groups in total. The van der Waals surface area contributed by atoms with Crippen LogP contribution in [0.5, 0.6) is 0 Å². The topological polar surface area (TPSA) is 70.2 Å². The van der Waals surface area contributed by atoms with Gasteiger partial charge in [-0.15, -0.1) is 6.58 Å². The Morgan fingerprint density at radius 1 is 1.50 bits per heavy atom. The maximum Gasteiger partial charge on any atom is 0.343 e. The number of nitro groups is 1. The molecule has 1 atom stereocenters. The number of imidazole rings is 1. The molecule has 0 aliphatic heterocycles. The maximum absolute atomic E-state index is 11.1. The zero-order valence-corrected chi connectivity index (χ0v) is 15.0. The molecule has 0 amide bonds. The predicted octanol–water partition coefficient (Wildman–Crippen LogP) is 4.01. The minimum Gasteiger partial charge on any atom is -0.407 e. The van der Waals surface area contributed by atoms with Gasteiger partial charge in [0.15, 0.2) is 8.32 Å². The normalized spacial score (nSPS) is 13.7. The number of hydrogen-bond donors (Lipinski definition) is 0. The van der Waals surface area contributed by atoms with Gasteiger partial charge in [-0.25, -0.2) is 9.55 Å². The molecule has 0 saturated carbocycles. The van der Waals surface area contributed by atoms with Crippen molar-refractivity contribution in [3.8, 4) is 0 Å². The van der Waals surface area contributed by atoms with Crippen molar-refractivity contribution in [2.75, 3.05) is 0 Å². The lowest BCUT2D eigenvalue weighted by atomic mass is 10.2. The highest BCUT2D eigenvalue weighted by atomic mass is 28.4. The summed E-state index contributed by atoms with van der Waals surface area (Å²) in [6, 6.07) is 0. The summed E-state index contributed by atoms with van der Waals surface area (Å²) in [6.07, 6.45) is 4.12. The molecule has 0 spiro atoms. The third-order valence-corrected chi connectivity index (χ3v) is 8.62. The molecule has 1 aromatic rings. The molecule has 22 heavy (non-hydrogen) atoms. The molecular formula is C15H25N3O3Si. The van der Waals surface area contributed by atoms with E-state index in [1.165, 1.54) is 16.8 Å². The van der Waals surface area contributed by atoms with Gasteiger partial charge < -0.3 is 14.5 Å². The SMILES string of the molecule is C=Cc1ncc([N+](=O)[O-])n1C[C@@H](C=C)O[Si](C)(C)C(C)(C)C. The van der Waals surface area contributed by atoms with Crippen molar-refractivity contribution in [1.82, 2.24) is 9.55 Å². The lowest BCUT2D eigenvalue weighted by Gasteiger charge is -2.38. The van der Waals surface area contributed by atoms with Crippen LogP contribution < -0.4 is 0 Å². The van der Waals surface area contributed by atoms with Gasteiger partial charge in [0.2, 0.25) is 5.82 Å². The van der Waals surface area contributed by atoms with Gasteiger partial charge in [0.25, 0.3) is 0 Å². The highest BCUT2D eigenvalue weighted by Gasteiger charge is 2.39. The fraction of sp³-hybridized carbons (Fsp3) is 0.533. The van der Waals surface area contributed by atoms with Crippen LogP contribution in [0.2, 0.25) is 18.1 Å². The Hall–Kier alpha value is -1.73. The number of nitrogens with zero attached hydrogens (tertiary/aromatic N) is 3. The summed E-state index contributed by atoms with van der Waals surface area (Å²) in [5.41, 5.74) is 0. The summed E-state index contributed by atoms with van der Waals surface area (Å²) in [5.74, 6) is 0.387. The van der Waals surface area contributed by atoms with E-state index in [9.17, 15) is 10.1 Å². The number of aromatic nitrogens is 2. The van der Waals surface area contributed by atoms with E-state index in [-0.39, 0.29) is 17.0 Å². The lowest BCUT2D eigenvalue weighted by molar-refractivity contribution is -0.392. The molecule has 0 bridgehead atoms. The number of hydrogen-bond acceptors (Lipinski definition) is 4. The van der Waals surface area contributed by atoms with Crippen LogP contribution >= 0.6 is 0 Å². The smallest absolute Gasteiger partial charge is 0.343 e. The average Bonchev–Trinajstić information content (AvgIpc) is 2.79. The summed E-state index contributed by atoms with van der Waals surface area (Å²) >= 11 is 0. The van der Waals surface area contributed by atoms with Crippen molar-refractivity contribution in [3.63, 3.8) is 0 Å². The minimum absolute atomic E-state index is 0.0520. The van der Waals surface area contributed by atoms with Gasteiger partial charge in [-0.2, -0.15) is 0 Å². The van der Waals surface area contributed by atoms with E-state index in [0.717, 1.165) is 0 Å². The van der Waals surface area contributed by atoms with Gasteiger partial charge in [-0.3, -0.25) is 0 Å². The molecule has 0 radical (unpaired) electrons. The van der Waals surface area contributed by atoms with E-state index in [2.05, 4.69) is 52.0 Å². The van der Waals surface area contributed by atoms with E-state index in [1.807, 2.05) is 0 Å². The highest BCUT2D eigenvalue weighted by molar-refractivity contribution is 6.74. The Morgan fingerprint density at radius 2 is 2.09 bits per heavy atom. The molecule has 0 aromatic carbocycles. The van der Waals surface area contributed by atoms with Gasteiger partial charge in [-0.05, 0) is 29.1 Å².